The molecule has 0 aliphatic heterocycles. The van der Waals surface area contributed by atoms with Gasteiger partial charge >= 0.3 is 0 Å². The summed E-state index contributed by atoms with van der Waals surface area (Å²) in [5.74, 6) is 7.73. The van der Waals surface area contributed by atoms with Crippen LogP contribution in [0, 0.1) is 0 Å². The van der Waals surface area contributed by atoms with Crippen LogP contribution in [0.25, 0.3) is 0 Å². The average Bonchev–Trinajstić information content (AvgIpc) is 2.84. The van der Waals surface area contributed by atoms with Gasteiger partial charge in [0.05, 0.1) is 12.7 Å². The van der Waals surface area contributed by atoms with Gasteiger partial charge in [0.15, 0.2) is 0 Å². The summed E-state index contributed by atoms with van der Waals surface area (Å²) in [5, 5.41) is 3.07. The Morgan fingerprint density at radius 2 is 2.29 bits per heavy atom. The average molecular weight is 234 g/mol. The second kappa shape index (κ2) is 5.26. The van der Waals surface area contributed by atoms with Crippen LogP contribution >= 0.6 is 0 Å². The van der Waals surface area contributed by atoms with Crippen molar-refractivity contribution in [1.82, 2.24) is 15.0 Å². The van der Waals surface area contributed by atoms with Crippen LogP contribution < -0.4 is 16.6 Å². The number of nitrogens with zero attached hydrogens (tertiary/aromatic N) is 3. The summed E-state index contributed by atoms with van der Waals surface area (Å²) in [6.07, 6.45) is 4.17. The van der Waals surface area contributed by atoms with Gasteiger partial charge in [-0.05, 0) is 6.07 Å². The zero-order chi connectivity index (χ0) is 12.1. The van der Waals surface area contributed by atoms with Crippen molar-refractivity contribution in [1.29, 1.82) is 0 Å². The molecule has 7 heteroatoms. The molecule has 0 fully saturated rings. The number of hydrogen-bond acceptors (Lipinski definition) is 7. The van der Waals surface area contributed by atoms with Crippen molar-refractivity contribution in [2.45, 2.75) is 19.9 Å². The van der Waals surface area contributed by atoms with Crippen molar-refractivity contribution in [3.05, 3.63) is 30.1 Å². The molecule has 0 spiro atoms. The summed E-state index contributed by atoms with van der Waals surface area (Å²) < 4.78 is 5.45. The second-order valence-corrected chi connectivity index (χ2v) is 3.34. The molecule has 0 aliphatic carbocycles. The first-order chi connectivity index (χ1) is 8.31. The van der Waals surface area contributed by atoms with E-state index in [-0.39, 0.29) is 0 Å². The maximum atomic E-state index is 5.45. The minimum absolute atomic E-state index is 0.358. The lowest BCUT2D eigenvalue weighted by Gasteiger charge is -2.03. The van der Waals surface area contributed by atoms with E-state index in [1.807, 2.05) is 6.92 Å². The third kappa shape index (κ3) is 2.91. The van der Waals surface area contributed by atoms with E-state index in [0.29, 0.717) is 24.2 Å². The molecule has 2 rings (SSSR count). The number of aromatic nitrogens is 3. The number of nitrogens with two attached hydrogens (primary N) is 1. The van der Waals surface area contributed by atoms with Gasteiger partial charge in [-0.15, -0.1) is 0 Å². The van der Waals surface area contributed by atoms with Crippen LogP contribution in [0.2, 0.25) is 0 Å². The van der Waals surface area contributed by atoms with Gasteiger partial charge in [0.2, 0.25) is 11.8 Å². The van der Waals surface area contributed by atoms with Gasteiger partial charge in [-0.25, -0.2) is 15.8 Å². The van der Waals surface area contributed by atoms with Crippen molar-refractivity contribution in [2.24, 2.45) is 5.84 Å². The van der Waals surface area contributed by atoms with Gasteiger partial charge in [0.1, 0.15) is 11.6 Å². The summed E-state index contributed by atoms with van der Waals surface area (Å²) in [6.45, 7) is 2.49. The largest absolute Gasteiger partial charge is 0.444 e. The normalized spacial score (nSPS) is 10.2. The molecule has 7 nitrogen and oxygen atoms in total. The molecule has 0 unspecified atom stereocenters. The Labute approximate surface area is 98.4 Å². The summed E-state index contributed by atoms with van der Waals surface area (Å²) in [7, 11) is 0. The summed E-state index contributed by atoms with van der Waals surface area (Å²) in [6, 6.07) is 1.74. The van der Waals surface area contributed by atoms with E-state index < -0.39 is 0 Å². The highest BCUT2D eigenvalue weighted by Gasteiger charge is 2.03. The molecular formula is C10H14N6O. The summed E-state index contributed by atoms with van der Waals surface area (Å²) >= 11 is 0. The Balaban J connectivity index is 1.96. The molecule has 0 aromatic carbocycles. The lowest BCUT2D eigenvalue weighted by atomic mass is 10.4. The maximum Gasteiger partial charge on any atom is 0.239 e. The number of aryl methyl sites for hydroxylation is 1. The number of hydrazine groups is 1. The predicted molar refractivity (Wildman–Crippen MR) is 63.0 cm³/mol. The van der Waals surface area contributed by atoms with Crippen molar-refractivity contribution < 1.29 is 4.42 Å². The summed E-state index contributed by atoms with van der Waals surface area (Å²) in [4.78, 5) is 12.1. The topological polar surface area (TPSA) is 102 Å². The van der Waals surface area contributed by atoms with E-state index in [2.05, 4.69) is 25.7 Å². The van der Waals surface area contributed by atoms with Crippen LogP contribution in [0.1, 0.15) is 18.6 Å². The lowest BCUT2D eigenvalue weighted by Crippen LogP contribution is -2.11. The van der Waals surface area contributed by atoms with E-state index in [4.69, 9.17) is 10.3 Å². The van der Waals surface area contributed by atoms with Crippen LogP contribution in [-0.4, -0.2) is 15.0 Å². The number of rotatable bonds is 5. The lowest BCUT2D eigenvalue weighted by molar-refractivity contribution is 0.465. The molecule has 0 aliphatic rings. The Hall–Kier alpha value is -2.15. The van der Waals surface area contributed by atoms with Crippen molar-refractivity contribution in [2.75, 3.05) is 10.7 Å². The SMILES string of the molecule is CCc1cnc(CNc2ccnc(NN)n2)o1. The highest BCUT2D eigenvalue weighted by Crippen LogP contribution is 2.08. The molecule has 0 amide bonds. The van der Waals surface area contributed by atoms with E-state index in [0.717, 1.165) is 12.2 Å². The molecule has 0 atom stereocenters. The van der Waals surface area contributed by atoms with E-state index in [9.17, 15) is 0 Å². The monoisotopic (exact) mass is 234 g/mol. The zero-order valence-corrected chi connectivity index (χ0v) is 9.47. The minimum atomic E-state index is 0.358. The molecule has 90 valence electrons. The Bertz CT molecular complexity index is 483. The molecule has 2 aromatic heterocycles. The molecule has 4 N–H and O–H groups in total. The number of hydrogen-bond donors (Lipinski definition) is 3. The van der Waals surface area contributed by atoms with Crippen molar-refractivity contribution >= 4 is 11.8 Å². The van der Waals surface area contributed by atoms with Gasteiger partial charge in [-0.2, -0.15) is 4.98 Å². The molecule has 2 heterocycles. The van der Waals surface area contributed by atoms with Crippen LogP contribution in [0.3, 0.4) is 0 Å². The Morgan fingerprint density at radius 1 is 1.41 bits per heavy atom. The Morgan fingerprint density at radius 3 is 3.00 bits per heavy atom. The number of nitrogen functional groups attached to an aromatic ring is 1. The third-order valence-electron chi connectivity index (χ3n) is 2.16. The van der Waals surface area contributed by atoms with E-state index in [1.165, 1.54) is 0 Å². The number of nitrogens with one attached hydrogen (secondary N) is 2. The van der Waals surface area contributed by atoms with Crippen LogP contribution in [0.5, 0.6) is 0 Å². The van der Waals surface area contributed by atoms with Crippen LogP contribution in [0.15, 0.2) is 22.9 Å². The minimum Gasteiger partial charge on any atom is -0.444 e. The van der Waals surface area contributed by atoms with Gasteiger partial charge in [-0.1, -0.05) is 6.92 Å². The zero-order valence-electron chi connectivity index (χ0n) is 9.47. The fraction of sp³-hybridized carbons (Fsp3) is 0.300. The van der Waals surface area contributed by atoms with Crippen molar-refractivity contribution in [3.63, 3.8) is 0 Å². The molecule has 17 heavy (non-hydrogen) atoms. The van der Waals surface area contributed by atoms with Gasteiger partial charge in [-0.3, -0.25) is 5.43 Å². The molecule has 0 radical (unpaired) electrons. The van der Waals surface area contributed by atoms with Crippen molar-refractivity contribution in [3.8, 4) is 0 Å². The fourth-order valence-corrected chi connectivity index (χ4v) is 1.29. The second-order valence-electron chi connectivity index (χ2n) is 3.34. The van der Waals surface area contributed by atoms with Gasteiger partial charge < -0.3 is 9.73 Å². The van der Waals surface area contributed by atoms with Crippen LogP contribution in [0.4, 0.5) is 11.8 Å². The highest BCUT2D eigenvalue weighted by molar-refractivity contribution is 5.38. The number of anilines is 2. The molecular weight excluding hydrogens is 220 g/mol. The smallest absolute Gasteiger partial charge is 0.239 e. The standard InChI is InChI=1S/C10H14N6O/c1-2-7-5-14-9(17-7)6-13-8-3-4-12-10(15-8)16-11/h3-5H,2,6,11H2,1H3,(H2,12,13,15,16). The molecule has 2 aromatic rings. The summed E-state index contributed by atoms with van der Waals surface area (Å²) in [5.41, 5.74) is 2.38. The third-order valence-corrected chi connectivity index (χ3v) is 2.16. The predicted octanol–water partition coefficient (Wildman–Crippen LogP) is 0.925. The highest BCUT2D eigenvalue weighted by atomic mass is 16.4. The first kappa shape index (κ1) is 11.3. The Kier molecular flexibility index (Phi) is 3.51. The molecule has 0 saturated heterocycles. The quantitative estimate of drug-likeness (QED) is 0.522. The van der Waals surface area contributed by atoms with Gasteiger partial charge in [0, 0.05) is 12.6 Å². The first-order valence-electron chi connectivity index (χ1n) is 5.29. The van der Waals surface area contributed by atoms with E-state index in [1.54, 1.807) is 18.5 Å². The van der Waals surface area contributed by atoms with Crippen LogP contribution in [-0.2, 0) is 13.0 Å². The molecule has 0 bridgehead atoms. The van der Waals surface area contributed by atoms with Gasteiger partial charge in [0.25, 0.3) is 0 Å². The molecule has 0 saturated carbocycles. The first-order valence-corrected chi connectivity index (χ1v) is 5.29. The fourth-order valence-electron chi connectivity index (χ4n) is 1.29. The number of oxazole rings is 1. The van der Waals surface area contributed by atoms with E-state index >= 15 is 0 Å². The maximum absolute atomic E-state index is 5.45.